The second kappa shape index (κ2) is 7.25. The number of ketones is 1. The van der Waals surface area contributed by atoms with Crippen LogP contribution in [-0.2, 0) is 4.79 Å². The first-order chi connectivity index (χ1) is 11.3. The number of ether oxygens (including phenoxy) is 2. The summed E-state index contributed by atoms with van der Waals surface area (Å²) in [5.74, 6) is 0.732. The molecule has 0 bridgehead atoms. The van der Waals surface area contributed by atoms with E-state index in [0.717, 1.165) is 11.1 Å². The summed E-state index contributed by atoms with van der Waals surface area (Å²) >= 11 is 0. The molecule has 0 saturated carbocycles. The van der Waals surface area contributed by atoms with E-state index >= 15 is 0 Å². The molecule has 0 amide bonds. The van der Waals surface area contributed by atoms with Crippen LogP contribution in [0.4, 0.5) is 11.4 Å². The third-order valence-electron chi connectivity index (χ3n) is 4.23. The zero-order valence-corrected chi connectivity index (χ0v) is 14.5. The highest BCUT2D eigenvalue weighted by atomic mass is 16.5. The number of hydrogen-bond donors (Lipinski definition) is 2. The van der Waals surface area contributed by atoms with Crippen molar-refractivity contribution in [2.24, 2.45) is 0 Å². The molecule has 0 aliphatic rings. The zero-order valence-electron chi connectivity index (χ0n) is 14.5. The molecule has 0 aliphatic heterocycles. The third-order valence-corrected chi connectivity index (χ3v) is 4.23. The molecule has 5 heteroatoms. The first-order valence-electron chi connectivity index (χ1n) is 7.78. The summed E-state index contributed by atoms with van der Waals surface area (Å²) in [6, 6.07) is 10.7. The van der Waals surface area contributed by atoms with Gasteiger partial charge < -0.3 is 20.9 Å². The maximum Gasteiger partial charge on any atom is 0.147 e. The molecule has 2 atom stereocenters. The van der Waals surface area contributed by atoms with Crippen LogP contribution in [0.2, 0.25) is 0 Å². The molecular formula is C19H24N2O3. The Hall–Kier alpha value is -2.69. The topological polar surface area (TPSA) is 87.6 Å². The number of rotatable bonds is 6. The summed E-state index contributed by atoms with van der Waals surface area (Å²) < 4.78 is 10.5. The summed E-state index contributed by atoms with van der Waals surface area (Å²) in [5, 5.41) is 0. The van der Waals surface area contributed by atoms with Crippen molar-refractivity contribution >= 4 is 17.2 Å². The molecule has 0 spiro atoms. The van der Waals surface area contributed by atoms with Crippen LogP contribution in [0.1, 0.15) is 36.8 Å². The minimum absolute atomic E-state index is 0.0790. The number of nitrogens with two attached hydrogens (primary N) is 2. The summed E-state index contributed by atoms with van der Waals surface area (Å²) in [6.45, 7) is 3.74. The monoisotopic (exact) mass is 328 g/mol. The molecule has 0 saturated heterocycles. The summed E-state index contributed by atoms with van der Waals surface area (Å²) in [4.78, 5) is 12.9. The first-order valence-corrected chi connectivity index (χ1v) is 7.78. The number of carbonyl (C=O) groups is 1. The fraction of sp³-hybridized carbons (Fsp3) is 0.316. The third kappa shape index (κ3) is 3.79. The quantitative estimate of drug-likeness (QED) is 0.794. The van der Waals surface area contributed by atoms with Gasteiger partial charge in [0.25, 0.3) is 0 Å². The van der Waals surface area contributed by atoms with Crippen LogP contribution in [0.25, 0.3) is 0 Å². The van der Waals surface area contributed by atoms with Gasteiger partial charge in [0.05, 0.1) is 14.2 Å². The average molecular weight is 328 g/mol. The maximum atomic E-state index is 12.9. The smallest absolute Gasteiger partial charge is 0.147 e. The van der Waals surface area contributed by atoms with E-state index in [2.05, 4.69) is 0 Å². The number of carbonyl (C=O) groups excluding carboxylic acids is 1. The van der Waals surface area contributed by atoms with Crippen LogP contribution in [0.5, 0.6) is 11.5 Å². The molecule has 0 aliphatic carbocycles. The number of anilines is 2. The van der Waals surface area contributed by atoms with Crippen molar-refractivity contribution in [3.63, 3.8) is 0 Å². The van der Waals surface area contributed by atoms with Crippen LogP contribution < -0.4 is 20.9 Å². The van der Waals surface area contributed by atoms with Gasteiger partial charge in [-0.2, -0.15) is 0 Å². The van der Waals surface area contributed by atoms with E-state index in [4.69, 9.17) is 20.9 Å². The molecule has 2 aromatic carbocycles. The number of Topliss-reactive ketones (excluding diaryl/α,β-unsaturated/α-hetero) is 1. The van der Waals surface area contributed by atoms with Crippen LogP contribution in [-0.4, -0.2) is 20.0 Å². The highest BCUT2D eigenvalue weighted by Crippen LogP contribution is 2.32. The summed E-state index contributed by atoms with van der Waals surface area (Å²) in [6.07, 6.45) is 0. The van der Waals surface area contributed by atoms with Crippen molar-refractivity contribution in [1.29, 1.82) is 0 Å². The standard InChI is InChI=1S/C19H24N2O3/c1-11(13-5-15(20)9-17(7-13)23-3)19(22)12(2)14-6-16(21)10-18(8-14)24-4/h5-12H,20-21H2,1-4H3. The Morgan fingerprint density at radius 2 is 1.17 bits per heavy atom. The van der Waals surface area contributed by atoms with E-state index in [-0.39, 0.29) is 17.6 Å². The lowest BCUT2D eigenvalue weighted by molar-refractivity contribution is -0.121. The largest absolute Gasteiger partial charge is 0.497 e. The molecule has 2 aromatic rings. The zero-order chi connectivity index (χ0) is 17.9. The Balaban J connectivity index is 2.30. The molecule has 0 aromatic heterocycles. The average Bonchev–Trinajstić information content (AvgIpc) is 2.58. The predicted octanol–water partition coefficient (Wildman–Crippen LogP) is 3.34. The van der Waals surface area contributed by atoms with Crippen molar-refractivity contribution < 1.29 is 14.3 Å². The predicted molar refractivity (Wildman–Crippen MR) is 96.6 cm³/mol. The van der Waals surface area contributed by atoms with Crippen LogP contribution in [0.3, 0.4) is 0 Å². The number of nitrogen functional groups attached to an aromatic ring is 2. The molecule has 4 N–H and O–H groups in total. The van der Waals surface area contributed by atoms with Gasteiger partial charge in [-0.3, -0.25) is 4.79 Å². The molecular weight excluding hydrogens is 304 g/mol. The van der Waals surface area contributed by atoms with Crippen LogP contribution in [0.15, 0.2) is 36.4 Å². The van der Waals surface area contributed by atoms with Crippen molar-refractivity contribution in [1.82, 2.24) is 0 Å². The summed E-state index contributed by atoms with van der Waals surface area (Å²) in [7, 11) is 3.15. The molecule has 24 heavy (non-hydrogen) atoms. The van der Waals surface area contributed by atoms with Crippen molar-refractivity contribution in [3.05, 3.63) is 47.5 Å². The van der Waals surface area contributed by atoms with Crippen molar-refractivity contribution in [2.45, 2.75) is 25.7 Å². The van der Waals surface area contributed by atoms with E-state index in [1.807, 2.05) is 26.0 Å². The minimum atomic E-state index is -0.315. The number of benzene rings is 2. The van der Waals surface area contributed by atoms with Gasteiger partial charge in [-0.1, -0.05) is 13.8 Å². The summed E-state index contributed by atoms with van der Waals surface area (Å²) in [5.41, 5.74) is 14.6. The fourth-order valence-corrected chi connectivity index (χ4v) is 2.73. The van der Waals surface area contributed by atoms with Gasteiger partial charge >= 0.3 is 0 Å². The maximum absolute atomic E-state index is 12.9. The van der Waals surface area contributed by atoms with Gasteiger partial charge in [-0.05, 0) is 35.4 Å². The fourth-order valence-electron chi connectivity index (χ4n) is 2.73. The van der Waals surface area contributed by atoms with E-state index in [9.17, 15) is 4.79 Å². The van der Waals surface area contributed by atoms with Crippen molar-refractivity contribution in [2.75, 3.05) is 25.7 Å². The molecule has 2 rings (SSSR count). The Labute approximate surface area is 142 Å². The highest BCUT2D eigenvalue weighted by Gasteiger charge is 2.24. The second-order valence-corrected chi connectivity index (χ2v) is 5.92. The van der Waals surface area contributed by atoms with Crippen molar-refractivity contribution in [3.8, 4) is 11.5 Å². The number of methoxy groups -OCH3 is 2. The van der Waals surface area contributed by atoms with E-state index in [0.29, 0.717) is 22.9 Å². The van der Waals surface area contributed by atoms with E-state index in [1.54, 1.807) is 38.5 Å². The lowest BCUT2D eigenvalue weighted by atomic mass is 9.85. The molecule has 5 nitrogen and oxygen atoms in total. The Morgan fingerprint density at radius 3 is 1.50 bits per heavy atom. The lowest BCUT2D eigenvalue weighted by Crippen LogP contribution is -2.17. The second-order valence-electron chi connectivity index (χ2n) is 5.92. The van der Waals surface area contributed by atoms with Crippen LogP contribution in [0, 0.1) is 0 Å². The number of hydrogen-bond acceptors (Lipinski definition) is 5. The highest BCUT2D eigenvalue weighted by molar-refractivity contribution is 5.91. The molecule has 0 radical (unpaired) electrons. The van der Waals surface area contributed by atoms with Gasteiger partial charge in [0.15, 0.2) is 0 Å². The lowest BCUT2D eigenvalue weighted by Gasteiger charge is -2.19. The SMILES string of the molecule is COc1cc(N)cc(C(C)C(=O)C(C)c2cc(N)cc(OC)c2)c1. The molecule has 2 unspecified atom stereocenters. The minimum Gasteiger partial charge on any atom is -0.497 e. The van der Waals surface area contributed by atoms with Gasteiger partial charge in [0, 0.05) is 35.3 Å². The van der Waals surface area contributed by atoms with Gasteiger partial charge in [0.1, 0.15) is 17.3 Å². The molecule has 0 fully saturated rings. The molecule has 128 valence electrons. The Kier molecular flexibility index (Phi) is 5.34. The Morgan fingerprint density at radius 1 is 0.792 bits per heavy atom. The van der Waals surface area contributed by atoms with E-state index in [1.165, 1.54) is 0 Å². The van der Waals surface area contributed by atoms with Gasteiger partial charge in [-0.15, -0.1) is 0 Å². The van der Waals surface area contributed by atoms with Gasteiger partial charge in [-0.25, -0.2) is 0 Å². The first kappa shape index (κ1) is 17.7. The van der Waals surface area contributed by atoms with Gasteiger partial charge in [0.2, 0.25) is 0 Å². The molecule has 0 heterocycles. The van der Waals surface area contributed by atoms with E-state index < -0.39 is 0 Å². The normalized spacial score (nSPS) is 13.2. The van der Waals surface area contributed by atoms with Crippen LogP contribution >= 0.6 is 0 Å². The Bertz CT molecular complexity index is 682.